The number of nitrogens with one attached hydrogen (secondary N) is 4. The van der Waals surface area contributed by atoms with Gasteiger partial charge in [0.2, 0.25) is 23.6 Å². The monoisotopic (exact) mass is 693 g/mol. The summed E-state index contributed by atoms with van der Waals surface area (Å²) in [7, 11) is 1.55. The van der Waals surface area contributed by atoms with E-state index >= 15 is 0 Å². The Kier molecular flexibility index (Phi) is 17.9. The predicted molar refractivity (Wildman–Crippen MR) is 163 cm³/mol. The molecule has 0 aromatic carbocycles. The number of hydrogen-bond donors (Lipinski definition) is 7. The first-order chi connectivity index (χ1) is 23.0. The summed E-state index contributed by atoms with van der Waals surface area (Å²) in [4.78, 5) is 50.6. The van der Waals surface area contributed by atoms with Crippen LogP contribution in [0.2, 0.25) is 0 Å². The standard InChI is InChI=1S/C29H51N5O14/c1-18-19(35)14-22-29(46-18)45-10-6-33-26(41)17-34(15-24(39)31-4-8-43-12-11-42-7-3-23(38)30-2)16-25(40)32-5-9-44-27-20(36)13-21(37)28(47-22)48-27/h18-22,27-29,35-37H,3-17H2,1-2H3,(H,30,38)(H,31,39)(H,32,40)(H,33,41)/t18-,19-,20-,21-,22-,27+,28+,29+/m0/s1. The topological polar surface area (TPSA) is 245 Å². The van der Waals surface area contributed by atoms with Crippen LogP contribution in [0.25, 0.3) is 0 Å². The fourth-order valence-electron chi connectivity index (χ4n) is 4.98. The molecule has 19 heteroatoms. The zero-order valence-corrected chi connectivity index (χ0v) is 27.5. The Bertz CT molecular complexity index is 1010. The molecule has 2 bridgehead atoms. The molecule has 8 atom stereocenters. The molecule has 276 valence electrons. The lowest BCUT2D eigenvalue weighted by Gasteiger charge is -2.42. The number of ether oxygens (including phenoxy) is 7. The zero-order valence-electron chi connectivity index (χ0n) is 27.5. The third-order valence-electron chi connectivity index (χ3n) is 7.56. The maximum absolute atomic E-state index is 12.7. The first kappa shape index (κ1) is 39.9. The van der Waals surface area contributed by atoms with Gasteiger partial charge in [0.1, 0.15) is 18.3 Å². The molecule has 3 rings (SSSR count). The van der Waals surface area contributed by atoms with Gasteiger partial charge >= 0.3 is 0 Å². The molecule has 0 radical (unpaired) electrons. The van der Waals surface area contributed by atoms with Crippen LogP contribution in [-0.2, 0) is 52.3 Å². The highest BCUT2D eigenvalue weighted by atomic mass is 16.8. The molecule has 48 heavy (non-hydrogen) atoms. The van der Waals surface area contributed by atoms with Gasteiger partial charge in [-0.25, -0.2) is 0 Å². The molecule has 0 aromatic heterocycles. The highest BCUT2D eigenvalue weighted by Gasteiger charge is 2.43. The average Bonchev–Trinajstić information content (AvgIpc) is 3.03. The molecular formula is C29H51N5O14. The minimum Gasteiger partial charge on any atom is -0.390 e. The highest BCUT2D eigenvalue weighted by molar-refractivity contribution is 5.84. The largest absolute Gasteiger partial charge is 0.390 e. The van der Waals surface area contributed by atoms with Crippen LogP contribution in [0.4, 0.5) is 0 Å². The molecular weight excluding hydrogens is 642 g/mol. The maximum Gasteiger partial charge on any atom is 0.234 e. The molecule has 0 unspecified atom stereocenters. The van der Waals surface area contributed by atoms with Gasteiger partial charge in [-0.3, -0.25) is 24.1 Å². The summed E-state index contributed by atoms with van der Waals surface area (Å²) in [6, 6.07) is 0. The van der Waals surface area contributed by atoms with Gasteiger partial charge in [0, 0.05) is 45.9 Å². The van der Waals surface area contributed by atoms with E-state index in [0.29, 0.717) is 6.61 Å². The van der Waals surface area contributed by atoms with E-state index in [-0.39, 0.29) is 97.5 Å². The average molecular weight is 694 g/mol. The van der Waals surface area contributed by atoms with Crippen molar-refractivity contribution >= 4 is 23.6 Å². The van der Waals surface area contributed by atoms with Gasteiger partial charge in [-0.1, -0.05) is 0 Å². The van der Waals surface area contributed by atoms with Gasteiger partial charge in [-0.2, -0.15) is 0 Å². The van der Waals surface area contributed by atoms with E-state index in [1.165, 1.54) is 4.90 Å². The van der Waals surface area contributed by atoms with Crippen LogP contribution in [0.3, 0.4) is 0 Å². The third kappa shape index (κ3) is 14.5. The number of rotatable bonds is 11. The smallest absolute Gasteiger partial charge is 0.234 e. The minimum absolute atomic E-state index is 0.00229. The lowest BCUT2D eigenvalue weighted by Crippen LogP contribution is -2.55. The molecule has 7 N–H and O–H groups in total. The highest BCUT2D eigenvalue weighted by Crippen LogP contribution is 2.29. The second kappa shape index (κ2) is 21.5. The van der Waals surface area contributed by atoms with Crippen molar-refractivity contribution < 1.29 is 67.7 Å². The Labute approximate surface area is 279 Å². The van der Waals surface area contributed by atoms with Crippen LogP contribution in [0, 0.1) is 0 Å². The Balaban J connectivity index is 1.51. The van der Waals surface area contributed by atoms with Crippen molar-refractivity contribution in [1.29, 1.82) is 0 Å². The molecule has 3 fully saturated rings. The molecule has 0 spiro atoms. The number of carbonyl (C=O) groups excluding carboxylic acids is 4. The lowest BCUT2D eigenvalue weighted by molar-refractivity contribution is -0.361. The van der Waals surface area contributed by atoms with Gasteiger partial charge in [0.25, 0.3) is 0 Å². The number of aliphatic hydroxyl groups excluding tert-OH is 3. The molecule has 0 aliphatic carbocycles. The summed E-state index contributed by atoms with van der Waals surface area (Å²) >= 11 is 0. The number of carbonyl (C=O) groups is 4. The van der Waals surface area contributed by atoms with E-state index in [4.69, 9.17) is 33.2 Å². The van der Waals surface area contributed by atoms with Gasteiger partial charge in [0.05, 0.1) is 71.5 Å². The van der Waals surface area contributed by atoms with Crippen molar-refractivity contribution in [2.45, 2.75) is 75.6 Å². The summed E-state index contributed by atoms with van der Waals surface area (Å²) in [6.45, 7) is 2.14. The summed E-state index contributed by atoms with van der Waals surface area (Å²) < 4.78 is 39.5. The molecule has 3 aliphatic rings. The Morgan fingerprint density at radius 1 is 0.812 bits per heavy atom. The lowest BCUT2D eigenvalue weighted by atomic mass is 10.0. The molecule has 3 aliphatic heterocycles. The third-order valence-corrected chi connectivity index (χ3v) is 7.56. The first-order valence-corrected chi connectivity index (χ1v) is 16.2. The number of fused-ring (bicyclic) bond motifs is 3. The van der Waals surface area contributed by atoms with Crippen molar-refractivity contribution in [2.75, 3.05) is 86.0 Å². The summed E-state index contributed by atoms with van der Waals surface area (Å²) in [5.74, 6) is -1.48. The van der Waals surface area contributed by atoms with Gasteiger partial charge in [-0.15, -0.1) is 0 Å². The Hall–Kier alpha value is -2.56. The van der Waals surface area contributed by atoms with Crippen molar-refractivity contribution in [3.63, 3.8) is 0 Å². The maximum atomic E-state index is 12.7. The van der Waals surface area contributed by atoms with Crippen LogP contribution in [0.15, 0.2) is 0 Å². The quantitative estimate of drug-likeness (QED) is 0.101. The molecule has 4 amide bonds. The zero-order chi connectivity index (χ0) is 34.9. The summed E-state index contributed by atoms with van der Waals surface area (Å²) in [6.07, 6.45) is -7.76. The molecule has 3 heterocycles. The van der Waals surface area contributed by atoms with E-state index in [9.17, 15) is 34.5 Å². The second-order valence-corrected chi connectivity index (χ2v) is 11.5. The second-order valence-electron chi connectivity index (χ2n) is 11.5. The molecule has 0 saturated carbocycles. The van der Waals surface area contributed by atoms with Crippen LogP contribution in [0.1, 0.15) is 26.2 Å². The predicted octanol–water partition coefficient (Wildman–Crippen LogP) is -4.47. The number of amides is 4. The first-order valence-electron chi connectivity index (χ1n) is 16.2. The van der Waals surface area contributed by atoms with Crippen LogP contribution >= 0.6 is 0 Å². The Morgan fingerprint density at radius 3 is 2.10 bits per heavy atom. The van der Waals surface area contributed by atoms with Crippen LogP contribution in [-0.4, -0.2) is 179 Å². The van der Waals surface area contributed by atoms with Crippen molar-refractivity contribution in [3.8, 4) is 0 Å². The van der Waals surface area contributed by atoms with Crippen LogP contribution in [0.5, 0.6) is 0 Å². The normalized spacial score (nSPS) is 31.6. The van der Waals surface area contributed by atoms with Crippen molar-refractivity contribution in [1.82, 2.24) is 26.2 Å². The van der Waals surface area contributed by atoms with E-state index in [2.05, 4.69) is 21.3 Å². The van der Waals surface area contributed by atoms with Crippen molar-refractivity contribution in [3.05, 3.63) is 0 Å². The van der Waals surface area contributed by atoms with E-state index in [1.54, 1.807) is 14.0 Å². The fraction of sp³-hybridized carbons (Fsp3) is 0.862. The van der Waals surface area contributed by atoms with Gasteiger partial charge < -0.3 is 69.7 Å². The summed E-state index contributed by atoms with van der Waals surface area (Å²) in [5.41, 5.74) is 0. The van der Waals surface area contributed by atoms with Gasteiger partial charge in [-0.05, 0) is 6.92 Å². The molecule has 0 aromatic rings. The van der Waals surface area contributed by atoms with E-state index in [1.807, 2.05) is 0 Å². The summed E-state index contributed by atoms with van der Waals surface area (Å²) in [5, 5.41) is 41.8. The number of hydrogen-bond acceptors (Lipinski definition) is 15. The van der Waals surface area contributed by atoms with E-state index < -0.39 is 67.1 Å². The van der Waals surface area contributed by atoms with Crippen molar-refractivity contribution in [2.24, 2.45) is 0 Å². The Morgan fingerprint density at radius 2 is 1.44 bits per heavy atom. The molecule has 19 nitrogen and oxygen atoms in total. The van der Waals surface area contributed by atoms with Gasteiger partial charge in [0.15, 0.2) is 18.9 Å². The van der Waals surface area contributed by atoms with E-state index in [0.717, 1.165) is 0 Å². The molecule has 3 saturated heterocycles. The van der Waals surface area contributed by atoms with Crippen LogP contribution < -0.4 is 21.3 Å². The minimum atomic E-state index is -1.22. The SMILES string of the molecule is CNC(=O)CCOCCOCCNC(=O)CN1CC(=O)NCCO[C@@H]2O[C@@H](C)[C@@H](O)C[C@@H]2O[C@@H]2O[C@@H](OCCNC(=O)C1)[C@@H](O)C[C@@H]2O. The number of nitrogens with zero attached hydrogens (tertiary/aromatic N) is 1. The number of aliphatic hydroxyl groups is 3. The fourth-order valence-corrected chi connectivity index (χ4v) is 4.98.